The van der Waals surface area contributed by atoms with Crippen molar-refractivity contribution in [2.24, 2.45) is 0 Å². The highest BCUT2D eigenvalue weighted by atomic mass is 32.1. The van der Waals surface area contributed by atoms with Gasteiger partial charge in [-0.15, -0.1) is 11.3 Å². The van der Waals surface area contributed by atoms with Crippen molar-refractivity contribution in [1.82, 2.24) is 40.4 Å². The molecule has 6 aromatic heterocycles. The molecule has 200 valence electrons. The summed E-state index contributed by atoms with van der Waals surface area (Å²) in [5.41, 5.74) is 9.90. The van der Waals surface area contributed by atoms with Gasteiger partial charge in [-0.1, -0.05) is 36.9 Å². The molecule has 0 saturated heterocycles. The molecule has 0 fully saturated rings. The zero-order valence-corrected chi connectivity index (χ0v) is 23.2. The summed E-state index contributed by atoms with van der Waals surface area (Å²) in [5, 5.41) is 11.2. The number of hydrogen-bond donors (Lipinski definition) is 3. The molecule has 0 aliphatic heterocycles. The Labute approximate surface area is 240 Å². The fraction of sp³-hybridized carbons (Fsp3) is 0.0938. The summed E-state index contributed by atoms with van der Waals surface area (Å²) >= 11 is 1.70. The monoisotopic (exact) mass is 554 g/mol. The Morgan fingerprint density at radius 1 is 0.951 bits per heavy atom. The van der Waals surface area contributed by atoms with Gasteiger partial charge in [0, 0.05) is 52.6 Å². The lowest BCUT2D eigenvalue weighted by Crippen LogP contribution is -2.12. The number of aromatic nitrogens is 7. The van der Waals surface area contributed by atoms with Gasteiger partial charge in [0.05, 0.1) is 16.7 Å². The number of hydrogen-bond acceptors (Lipinski definition) is 7. The van der Waals surface area contributed by atoms with Crippen LogP contribution in [0.4, 0.5) is 0 Å². The molecule has 0 saturated carbocycles. The lowest BCUT2D eigenvalue weighted by Gasteiger charge is -2.07. The van der Waals surface area contributed by atoms with Crippen LogP contribution in [0.5, 0.6) is 0 Å². The summed E-state index contributed by atoms with van der Waals surface area (Å²) in [7, 11) is 0. The van der Waals surface area contributed by atoms with Crippen LogP contribution in [0.15, 0.2) is 91.9 Å². The van der Waals surface area contributed by atoms with Gasteiger partial charge in [0.2, 0.25) is 0 Å². The second kappa shape index (κ2) is 10.5. The van der Waals surface area contributed by atoms with E-state index in [1.54, 1.807) is 17.5 Å². The minimum absolute atomic E-state index is 0.615. The molecule has 0 unspecified atom stereocenters. The lowest BCUT2D eigenvalue weighted by atomic mass is 10.1. The van der Waals surface area contributed by atoms with Gasteiger partial charge >= 0.3 is 0 Å². The molecule has 7 rings (SSSR count). The maximum atomic E-state index is 4.98. The van der Waals surface area contributed by atoms with Gasteiger partial charge < -0.3 is 10.3 Å². The number of nitrogens with zero attached hydrogens (tertiary/aromatic N) is 5. The number of H-pyrrole nitrogens is 2. The molecule has 0 aliphatic rings. The third kappa shape index (κ3) is 4.93. The van der Waals surface area contributed by atoms with Gasteiger partial charge in [0.15, 0.2) is 17.2 Å². The topological polar surface area (TPSA) is 108 Å². The minimum atomic E-state index is 0.615. The van der Waals surface area contributed by atoms with Crippen molar-refractivity contribution in [3.8, 4) is 33.2 Å². The van der Waals surface area contributed by atoms with Crippen LogP contribution in [0.1, 0.15) is 22.9 Å². The van der Waals surface area contributed by atoms with E-state index in [9.17, 15) is 0 Å². The largest absolute Gasteiger partial charge is 0.335 e. The second-order valence-corrected chi connectivity index (χ2v) is 11.0. The number of fused-ring (bicyclic) bond motifs is 2. The van der Waals surface area contributed by atoms with E-state index in [1.807, 2.05) is 43.6 Å². The molecule has 8 nitrogen and oxygen atoms in total. The summed E-state index contributed by atoms with van der Waals surface area (Å²) in [6.45, 7) is 7.60. The van der Waals surface area contributed by atoms with E-state index in [-0.39, 0.29) is 0 Å². The van der Waals surface area contributed by atoms with E-state index < -0.39 is 0 Å². The van der Waals surface area contributed by atoms with Crippen molar-refractivity contribution >= 4 is 39.1 Å². The average molecular weight is 555 g/mol. The predicted octanol–water partition coefficient (Wildman–Crippen LogP) is 7.01. The van der Waals surface area contributed by atoms with Gasteiger partial charge in [0.25, 0.3) is 0 Å². The molecular weight excluding hydrogens is 528 g/mol. The van der Waals surface area contributed by atoms with Crippen LogP contribution in [0, 0.1) is 0 Å². The molecule has 9 heteroatoms. The summed E-state index contributed by atoms with van der Waals surface area (Å²) in [4.78, 5) is 24.5. The third-order valence-electron chi connectivity index (χ3n) is 6.91. The zero-order valence-electron chi connectivity index (χ0n) is 22.3. The molecule has 1 aromatic carbocycles. The first-order valence-corrected chi connectivity index (χ1v) is 14.1. The van der Waals surface area contributed by atoms with Gasteiger partial charge in [-0.3, -0.25) is 10.1 Å². The molecule has 0 bridgehead atoms. The standard InChI is InChI=1S/C32H26N8S/c1-19(2)26-10-11-27(41-26)23-12-13-35-31-28(23)37-32(38-31)30-29-25(39-40-30)9-8-24(36-29)22-14-21(17-34-18-22)16-33-15-20-6-4-3-5-7-20/h3-14,17-18,33H,1,15-16H2,2H3,(H,39,40)(H,35,37,38). The van der Waals surface area contributed by atoms with E-state index in [4.69, 9.17) is 9.97 Å². The first-order chi connectivity index (χ1) is 20.1. The zero-order chi connectivity index (χ0) is 27.8. The summed E-state index contributed by atoms with van der Waals surface area (Å²) in [5.74, 6) is 0.615. The van der Waals surface area contributed by atoms with E-state index in [0.29, 0.717) is 23.7 Å². The fourth-order valence-corrected chi connectivity index (χ4v) is 5.80. The van der Waals surface area contributed by atoms with Crippen molar-refractivity contribution in [1.29, 1.82) is 0 Å². The van der Waals surface area contributed by atoms with Crippen molar-refractivity contribution in [3.63, 3.8) is 0 Å². The van der Waals surface area contributed by atoms with Crippen LogP contribution < -0.4 is 5.32 Å². The number of aromatic amines is 2. The fourth-order valence-electron chi connectivity index (χ4n) is 4.84. The molecular formula is C32H26N8S. The molecule has 0 atom stereocenters. The summed E-state index contributed by atoms with van der Waals surface area (Å²) in [6.07, 6.45) is 5.51. The quantitative estimate of drug-likeness (QED) is 0.186. The molecule has 0 radical (unpaired) electrons. The van der Waals surface area contributed by atoms with Crippen LogP contribution in [0.25, 0.3) is 61.0 Å². The Morgan fingerprint density at radius 3 is 2.68 bits per heavy atom. The molecule has 3 N–H and O–H groups in total. The summed E-state index contributed by atoms with van der Waals surface area (Å²) < 4.78 is 0. The maximum Gasteiger partial charge on any atom is 0.178 e. The lowest BCUT2D eigenvalue weighted by molar-refractivity contribution is 0.691. The van der Waals surface area contributed by atoms with Crippen LogP contribution in [0.3, 0.4) is 0 Å². The van der Waals surface area contributed by atoms with Gasteiger partial charge in [-0.2, -0.15) is 5.10 Å². The number of benzene rings is 1. The Morgan fingerprint density at radius 2 is 1.83 bits per heavy atom. The van der Waals surface area contributed by atoms with Crippen LogP contribution in [0.2, 0.25) is 0 Å². The Hall–Kier alpha value is -4.99. The maximum absolute atomic E-state index is 4.98. The number of imidazole rings is 1. The Bertz CT molecular complexity index is 2020. The molecule has 41 heavy (non-hydrogen) atoms. The van der Waals surface area contributed by atoms with Crippen LogP contribution in [-0.2, 0) is 13.1 Å². The van der Waals surface area contributed by atoms with Gasteiger partial charge in [0.1, 0.15) is 5.52 Å². The average Bonchev–Trinajstić information content (AvgIpc) is 3.76. The number of allylic oxidation sites excluding steroid dienone is 1. The molecule has 0 spiro atoms. The molecule has 0 amide bonds. The number of rotatable bonds is 8. The number of nitrogens with one attached hydrogen (secondary N) is 3. The smallest absolute Gasteiger partial charge is 0.178 e. The normalized spacial score (nSPS) is 11.4. The molecule has 6 heterocycles. The van der Waals surface area contributed by atoms with Crippen molar-refractivity contribution < 1.29 is 0 Å². The van der Waals surface area contributed by atoms with Gasteiger partial charge in [-0.05, 0) is 60.0 Å². The predicted molar refractivity (Wildman–Crippen MR) is 165 cm³/mol. The first kappa shape index (κ1) is 25.0. The van der Waals surface area contributed by atoms with Gasteiger partial charge in [-0.25, -0.2) is 15.0 Å². The summed E-state index contributed by atoms with van der Waals surface area (Å²) in [6, 6.07) is 22.7. The van der Waals surface area contributed by atoms with E-state index in [2.05, 4.69) is 79.5 Å². The first-order valence-electron chi connectivity index (χ1n) is 13.3. The second-order valence-electron chi connectivity index (χ2n) is 9.92. The Kier molecular flexibility index (Phi) is 6.42. The van der Waals surface area contributed by atoms with Crippen LogP contribution in [-0.4, -0.2) is 35.1 Å². The highest BCUT2D eigenvalue weighted by molar-refractivity contribution is 7.16. The van der Waals surface area contributed by atoms with Crippen molar-refractivity contribution in [2.75, 3.05) is 0 Å². The SMILES string of the molecule is C=C(C)c1ccc(-c2ccnc3nc(-c4n[nH]c5ccc(-c6cncc(CNCc7ccccc7)c6)nc45)[nH]c23)s1. The number of thiophene rings is 1. The molecule has 0 aliphatic carbocycles. The highest BCUT2D eigenvalue weighted by Gasteiger charge is 2.18. The third-order valence-corrected chi connectivity index (χ3v) is 8.19. The van der Waals surface area contributed by atoms with Crippen molar-refractivity contribution in [3.05, 3.63) is 108 Å². The minimum Gasteiger partial charge on any atom is -0.335 e. The highest BCUT2D eigenvalue weighted by Crippen LogP contribution is 2.35. The van der Waals surface area contributed by atoms with Crippen molar-refractivity contribution in [2.45, 2.75) is 20.0 Å². The van der Waals surface area contributed by atoms with E-state index >= 15 is 0 Å². The van der Waals surface area contributed by atoms with E-state index in [0.717, 1.165) is 60.8 Å². The van der Waals surface area contributed by atoms with E-state index in [1.165, 1.54) is 5.56 Å². The van der Waals surface area contributed by atoms with Crippen LogP contribution >= 0.6 is 11.3 Å². The molecule has 7 aromatic rings. The Balaban J connectivity index is 1.19. The number of pyridine rings is 3.